The Hall–Kier alpha value is -1.27. The van der Waals surface area contributed by atoms with Gasteiger partial charge in [0, 0.05) is 17.4 Å². The van der Waals surface area contributed by atoms with Gasteiger partial charge in [-0.2, -0.15) is 0 Å². The van der Waals surface area contributed by atoms with Crippen molar-refractivity contribution in [2.45, 2.75) is 25.7 Å². The summed E-state index contributed by atoms with van der Waals surface area (Å²) in [6.07, 6.45) is 3.84. The fraction of sp³-hybridized carbons (Fsp3) is 0.444. The number of nitrogens with zero attached hydrogens (tertiary/aromatic N) is 1. The molecular formula is C9H12BNO4. The van der Waals surface area contributed by atoms with Gasteiger partial charge in [-0.25, -0.2) is 0 Å². The van der Waals surface area contributed by atoms with Gasteiger partial charge in [-0.3, -0.25) is 0 Å². The van der Waals surface area contributed by atoms with Gasteiger partial charge in [0.1, 0.15) is 5.76 Å². The molecule has 80 valence electrons. The van der Waals surface area contributed by atoms with Gasteiger partial charge in [0.05, 0.1) is 12.0 Å². The quantitative estimate of drug-likeness (QED) is 0.700. The largest absolute Gasteiger partial charge is 0.707 e. The Morgan fingerprint density at radius 1 is 1.53 bits per heavy atom. The number of hydrogen-bond acceptors (Lipinski definition) is 5. The van der Waals surface area contributed by atoms with Gasteiger partial charge in [-0.05, 0) is 6.08 Å². The highest BCUT2D eigenvalue weighted by Gasteiger charge is 2.34. The maximum atomic E-state index is 8.73. The van der Waals surface area contributed by atoms with Crippen LogP contribution in [-0.4, -0.2) is 22.5 Å². The maximum Gasteiger partial charge on any atom is 0.707 e. The van der Waals surface area contributed by atoms with Crippen molar-refractivity contribution in [3.63, 3.8) is 0 Å². The first-order valence-corrected chi connectivity index (χ1v) is 4.67. The molecular weight excluding hydrogens is 197 g/mol. The molecule has 6 heteroatoms. The molecule has 0 saturated carbocycles. The van der Waals surface area contributed by atoms with E-state index in [-0.39, 0.29) is 5.41 Å². The third-order valence-electron chi connectivity index (χ3n) is 2.40. The molecule has 0 amide bonds. The van der Waals surface area contributed by atoms with E-state index < -0.39 is 7.32 Å². The lowest BCUT2D eigenvalue weighted by atomic mass is 9.80. The highest BCUT2D eigenvalue weighted by atomic mass is 16.6. The molecule has 0 aromatic carbocycles. The smallest absolute Gasteiger partial charge is 0.515 e. The van der Waals surface area contributed by atoms with Gasteiger partial charge in [-0.15, -0.1) is 0 Å². The zero-order chi connectivity index (χ0) is 11.1. The van der Waals surface area contributed by atoms with Gasteiger partial charge >= 0.3 is 7.32 Å². The van der Waals surface area contributed by atoms with Crippen LogP contribution < -0.4 is 0 Å². The van der Waals surface area contributed by atoms with Gasteiger partial charge in [-0.1, -0.05) is 19.0 Å². The average Bonchev–Trinajstić information content (AvgIpc) is 2.49. The van der Waals surface area contributed by atoms with Crippen LogP contribution in [0.15, 0.2) is 16.5 Å². The van der Waals surface area contributed by atoms with Crippen molar-refractivity contribution >= 4 is 13.4 Å². The SMILES string of the molecule is CC1(C)CC(OB(O)O)=Cc2cnoc21. The van der Waals surface area contributed by atoms with Gasteiger partial charge in [0.2, 0.25) is 0 Å². The van der Waals surface area contributed by atoms with Gasteiger partial charge < -0.3 is 19.2 Å². The maximum absolute atomic E-state index is 8.73. The van der Waals surface area contributed by atoms with E-state index >= 15 is 0 Å². The first-order chi connectivity index (χ1) is 6.99. The normalized spacial score (nSPS) is 18.0. The van der Waals surface area contributed by atoms with Crippen molar-refractivity contribution in [3.8, 4) is 0 Å². The van der Waals surface area contributed by atoms with Crippen molar-refractivity contribution in [2.24, 2.45) is 0 Å². The highest BCUT2D eigenvalue weighted by Crippen LogP contribution is 2.38. The number of fused-ring (bicyclic) bond motifs is 1. The third kappa shape index (κ3) is 1.91. The molecule has 2 N–H and O–H groups in total. The molecule has 0 radical (unpaired) electrons. The monoisotopic (exact) mass is 209 g/mol. The molecule has 0 atom stereocenters. The molecule has 1 aromatic rings. The van der Waals surface area contributed by atoms with E-state index in [1.54, 1.807) is 12.3 Å². The Kier molecular flexibility index (Phi) is 2.32. The molecule has 15 heavy (non-hydrogen) atoms. The van der Waals surface area contributed by atoms with Crippen LogP contribution >= 0.6 is 0 Å². The van der Waals surface area contributed by atoms with Crippen LogP contribution in [0.1, 0.15) is 31.6 Å². The van der Waals surface area contributed by atoms with Crippen molar-refractivity contribution in [3.05, 3.63) is 23.3 Å². The standard InChI is InChI=1S/C9H12BNO4/c1-9(2)4-7(14-10(12)13)3-6-5-11-15-8(6)9/h3,5,12-13H,4H2,1-2H3. The summed E-state index contributed by atoms with van der Waals surface area (Å²) in [6, 6.07) is 0. The Bertz CT molecular complexity index is 397. The minimum absolute atomic E-state index is 0.245. The summed E-state index contributed by atoms with van der Waals surface area (Å²) in [4.78, 5) is 0. The summed E-state index contributed by atoms with van der Waals surface area (Å²) in [7, 11) is -1.78. The van der Waals surface area contributed by atoms with E-state index in [4.69, 9.17) is 19.2 Å². The van der Waals surface area contributed by atoms with E-state index in [0.29, 0.717) is 12.2 Å². The van der Waals surface area contributed by atoms with E-state index in [9.17, 15) is 0 Å². The minimum Gasteiger partial charge on any atom is -0.515 e. The molecule has 1 aliphatic carbocycles. The second-order valence-corrected chi connectivity index (χ2v) is 4.23. The molecule has 5 nitrogen and oxygen atoms in total. The number of rotatable bonds is 2. The Labute approximate surface area is 87.5 Å². The van der Waals surface area contributed by atoms with E-state index in [1.807, 2.05) is 13.8 Å². The van der Waals surface area contributed by atoms with Crippen LogP contribution in [0, 0.1) is 0 Å². The fourth-order valence-electron chi connectivity index (χ4n) is 1.82. The summed E-state index contributed by atoms with van der Waals surface area (Å²) in [5, 5.41) is 21.2. The molecule has 0 aliphatic heterocycles. The number of allylic oxidation sites excluding steroid dienone is 1. The molecule has 0 spiro atoms. The van der Waals surface area contributed by atoms with Crippen LogP contribution in [0.5, 0.6) is 0 Å². The van der Waals surface area contributed by atoms with E-state index in [0.717, 1.165) is 11.3 Å². The molecule has 0 fully saturated rings. The lowest BCUT2D eigenvalue weighted by Gasteiger charge is -2.27. The Balaban J connectivity index is 2.33. The van der Waals surface area contributed by atoms with Crippen LogP contribution in [0.4, 0.5) is 0 Å². The second-order valence-electron chi connectivity index (χ2n) is 4.23. The third-order valence-corrected chi connectivity index (χ3v) is 2.40. The number of hydrogen-bond donors (Lipinski definition) is 2. The summed E-state index contributed by atoms with van der Waals surface area (Å²) in [5.41, 5.74) is 0.576. The predicted molar refractivity (Wildman–Crippen MR) is 53.4 cm³/mol. The minimum atomic E-state index is -1.78. The Morgan fingerprint density at radius 3 is 2.93 bits per heavy atom. The van der Waals surface area contributed by atoms with Gasteiger partial charge in [0.25, 0.3) is 0 Å². The zero-order valence-corrected chi connectivity index (χ0v) is 8.60. The van der Waals surface area contributed by atoms with Crippen LogP contribution in [0.3, 0.4) is 0 Å². The fourth-order valence-corrected chi connectivity index (χ4v) is 1.82. The highest BCUT2D eigenvalue weighted by molar-refractivity contribution is 6.33. The first-order valence-electron chi connectivity index (χ1n) is 4.67. The predicted octanol–water partition coefficient (Wildman–Crippen LogP) is 0.683. The van der Waals surface area contributed by atoms with Crippen molar-refractivity contribution in [2.75, 3.05) is 0 Å². The summed E-state index contributed by atoms with van der Waals surface area (Å²) >= 11 is 0. The summed E-state index contributed by atoms with van der Waals surface area (Å²) in [5.74, 6) is 1.31. The molecule has 2 rings (SSSR count). The van der Waals surface area contributed by atoms with E-state index in [2.05, 4.69) is 5.16 Å². The topological polar surface area (TPSA) is 75.7 Å². The van der Waals surface area contributed by atoms with E-state index in [1.165, 1.54) is 0 Å². The van der Waals surface area contributed by atoms with Crippen LogP contribution in [-0.2, 0) is 10.1 Å². The number of aromatic nitrogens is 1. The average molecular weight is 209 g/mol. The van der Waals surface area contributed by atoms with Crippen LogP contribution in [0.2, 0.25) is 0 Å². The molecule has 1 heterocycles. The molecule has 1 aliphatic rings. The zero-order valence-electron chi connectivity index (χ0n) is 8.60. The second kappa shape index (κ2) is 3.39. The van der Waals surface area contributed by atoms with Crippen molar-refractivity contribution in [1.29, 1.82) is 0 Å². The lowest BCUT2D eigenvalue weighted by molar-refractivity contribution is 0.213. The summed E-state index contributed by atoms with van der Waals surface area (Å²) in [6.45, 7) is 3.97. The van der Waals surface area contributed by atoms with Crippen molar-refractivity contribution in [1.82, 2.24) is 5.16 Å². The van der Waals surface area contributed by atoms with Gasteiger partial charge in [0.15, 0.2) is 0 Å². The molecule has 1 aromatic heterocycles. The molecule has 0 unspecified atom stereocenters. The van der Waals surface area contributed by atoms with Crippen LogP contribution in [0.25, 0.3) is 6.08 Å². The summed E-state index contributed by atoms with van der Waals surface area (Å²) < 4.78 is 10.0. The Morgan fingerprint density at radius 2 is 2.27 bits per heavy atom. The molecule has 0 saturated heterocycles. The molecule has 0 bridgehead atoms. The van der Waals surface area contributed by atoms with Crippen molar-refractivity contribution < 1.29 is 19.2 Å². The lowest BCUT2D eigenvalue weighted by Crippen LogP contribution is -2.25. The first kappa shape index (κ1) is 10.3.